The molecule has 2 aromatic rings. The van der Waals surface area contributed by atoms with Crippen LogP contribution in [0.3, 0.4) is 0 Å². The SMILES string of the molecule is CCC(CC)Cn1c(=S)[nH]c2cc(F)c(Br)cc21. The predicted molar refractivity (Wildman–Crippen MR) is 78.9 cm³/mol. The molecule has 0 radical (unpaired) electrons. The third-order valence-corrected chi connectivity index (χ3v) is 4.34. The minimum absolute atomic E-state index is 0.270. The Hall–Kier alpha value is -0.680. The van der Waals surface area contributed by atoms with E-state index >= 15 is 0 Å². The standard InChI is InChI=1S/C13H16BrFN2S/c1-3-8(4-2)7-17-12-5-9(14)10(15)6-11(12)16-13(17)18/h5-6,8H,3-4,7H2,1-2H3,(H,16,18). The first kappa shape index (κ1) is 13.7. The van der Waals surface area contributed by atoms with E-state index in [9.17, 15) is 4.39 Å². The van der Waals surface area contributed by atoms with Crippen molar-refractivity contribution in [3.05, 3.63) is 27.2 Å². The van der Waals surface area contributed by atoms with Crippen molar-refractivity contribution >= 4 is 39.2 Å². The van der Waals surface area contributed by atoms with Crippen molar-refractivity contribution in [1.29, 1.82) is 0 Å². The van der Waals surface area contributed by atoms with Crippen LogP contribution in [0.2, 0.25) is 0 Å². The van der Waals surface area contributed by atoms with Crippen molar-refractivity contribution in [1.82, 2.24) is 9.55 Å². The maximum Gasteiger partial charge on any atom is 0.178 e. The van der Waals surface area contributed by atoms with Crippen molar-refractivity contribution in [2.45, 2.75) is 33.2 Å². The lowest BCUT2D eigenvalue weighted by Crippen LogP contribution is -2.09. The van der Waals surface area contributed by atoms with E-state index in [1.807, 2.05) is 0 Å². The van der Waals surface area contributed by atoms with Gasteiger partial charge in [0.25, 0.3) is 0 Å². The number of halogens is 2. The van der Waals surface area contributed by atoms with Crippen LogP contribution in [-0.4, -0.2) is 9.55 Å². The van der Waals surface area contributed by atoms with Gasteiger partial charge in [0, 0.05) is 12.6 Å². The Bertz CT molecular complexity index is 613. The van der Waals surface area contributed by atoms with Crippen molar-refractivity contribution in [2.75, 3.05) is 0 Å². The molecule has 18 heavy (non-hydrogen) atoms. The maximum absolute atomic E-state index is 13.5. The number of nitrogens with one attached hydrogen (secondary N) is 1. The summed E-state index contributed by atoms with van der Waals surface area (Å²) in [5.74, 6) is 0.327. The number of aromatic amines is 1. The first-order chi connectivity index (χ1) is 8.56. The van der Waals surface area contributed by atoms with Gasteiger partial charge in [-0.25, -0.2) is 4.39 Å². The second-order valence-corrected chi connectivity index (χ2v) is 5.75. The lowest BCUT2D eigenvalue weighted by Gasteiger charge is -2.13. The quantitative estimate of drug-likeness (QED) is 0.779. The van der Waals surface area contributed by atoms with Gasteiger partial charge >= 0.3 is 0 Å². The second kappa shape index (κ2) is 5.53. The van der Waals surface area contributed by atoms with E-state index in [1.54, 1.807) is 6.07 Å². The van der Waals surface area contributed by atoms with E-state index in [-0.39, 0.29) is 5.82 Å². The van der Waals surface area contributed by atoms with Crippen LogP contribution < -0.4 is 0 Å². The molecule has 2 rings (SSSR count). The number of aromatic nitrogens is 2. The summed E-state index contributed by atoms with van der Waals surface area (Å²) < 4.78 is 16.7. The molecule has 0 atom stereocenters. The maximum atomic E-state index is 13.5. The molecule has 0 bridgehead atoms. The molecule has 1 aromatic carbocycles. The molecule has 0 saturated heterocycles. The number of imidazole rings is 1. The average molecular weight is 331 g/mol. The van der Waals surface area contributed by atoms with Crippen molar-refractivity contribution < 1.29 is 4.39 Å². The van der Waals surface area contributed by atoms with Gasteiger partial charge in [-0.1, -0.05) is 26.7 Å². The average Bonchev–Trinajstić information content (AvgIpc) is 2.63. The van der Waals surface area contributed by atoms with E-state index in [0.717, 1.165) is 30.4 Å². The first-order valence-electron chi connectivity index (χ1n) is 6.14. The molecular weight excluding hydrogens is 315 g/mol. The molecule has 5 heteroatoms. The number of nitrogens with zero attached hydrogens (tertiary/aromatic N) is 1. The summed E-state index contributed by atoms with van der Waals surface area (Å²) in [5.41, 5.74) is 1.71. The van der Waals surface area contributed by atoms with Gasteiger partial charge in [0.15, 0.2) is 4.77 Å². The molecule has 1 N–H and O–H groups in total. The number of benzene rings is 1. The fourth-order valence-corrected chi connectivity index (χ4v) is 2.75. The fourth-order valence-electron chi connectivity index (χ4n) is 2.14. The molecule has 0 fully saturated rings. The highest BCUT2D eigenvalue weighted by Gasteiger charge is 2.11. The van der Waals surface area contributed by atoms with Gasteiger partial charge in [-0.2, -0.15) is 0 Å². The zero-order valence-electron chi connectivity index (χ0n) is 10.5. The largest absolute Gasteiger partial charge is 0.330 e. The summed E-state index contributed by atoms with van der Waals surface area (Å²) in [4.78, 5) is 3.07. The second-order valence-electron chi connectivity index (χ2n) is 4.51. The first-order valence-corrected chi connectivity index (χ1v) is 7.34. The summed E-state index contributed by atoms with van der Waals surface area (Å²) in [6.07, 6.45) is 2.24. The summed E-state index contributed by atoms with van der Waals surface area (Å²) in [6, 6.07) is 3.28. The molecule has 2 nitrogen and oxygen atoms in total. The van der Waals surface area contributed by atoms with Gasteiger partial charge in [0.05, 0.1) is 15.5 Å². The molecule has 0 aliphatic carbocycles. The minimum atomic E-state index is -0.270. The van der Waals surface area contributed by atoms with Crippen LogP contribution in [0.15, 0.2) is 16.6 Å². The van der Waals surface area contributed by atoms with Gasteiger partial charge in [-0.15, -0.1) is 0 Å². The molecule has 1 heterocycles. The molecular formula is C13H16BrFN2S. The highest BCUT2D eigenvalue weighted by Crippen LogP contribution is 2.24. The highest BCUT2D eigenvalue weighted by atomic mass is 79.9. The van der Waals surface area contributed by atoms with Gasteiger partial charge in [0.2, 0.25) is 0 Å². The molecule has 0 saturated carbocycles. The van der Waals surface area contributed by atoms with Crippen LogP contribution in [0, 0.1) is 16.5 Å². The lowest BCUT2D eigenvalue weighted by atomic mass is 10.0. The van der Waals surface area contributed by atoms with Gasteiger partial charge < -0.3 is 9.55 Å². The number of hydrogen-bond acceptors (Lipinski definition) is 1. The van der Waals surface area contributed by atoms with E-state index in [0.29, 0.717) is 15.2 Å². The molecule has 98 valence electrons. The Kier molecular flexibility index (Phi) is 4.22. The van der Waals surface area contributed by atoms with E-state index in [1.165, 1.54) is 6.07 Å². The molecule has 0 aliphatic rings. The van der Waals surface area contributed by atoms with Crippen LogP contribution in [0.25, 0.3) is 11.0 Å². The Balaban J connectivity index is 2.53. The monoisotopic (exact) mass is 330 g/mol. The third kappa shape index (κ3) is 2.52. The molecule has 0 aliphatic heterocycles. The zero-order valence-corrected chi connectivity index (χ0v) is 12.9. The molecule has 0 amide bonds. The third-order valence-electron chi connectivity index (χ3n) is 3.41. The molecule has 0 unspecified atom stereocenters. The normalized spacial score (nSPS) is 11.6. The number of fused-ring (bicyclic) bond motifs is 1. The number of H-pyrrole nitrogens is 1. The topological polar surface area (TPSA) is 20.7 Å². The van der Waals surface area contributed by atoms with Crippen molar-refractivity contribution in [3.63, 3.8) is 0 Å². The van der Waals surface area contributed by atoms with E-state index in [2.05, 4.69) is 39.3 Å². The Labute approximate surface area is 119 Å². The van der Waals surface area contributed by atoms with Gasteiger partial charge in [0.1, 0.15) is 5.82 Å². The zero-order chi connectivity index (χ0) is 13.3. The van der Waals surface area contributed by atoms with Crippen molar-refractivity contribution in [2.24, 2.45) is 5.92 Å². The fraction of sp³-hybridized carbons (Fsp3) is 0.462. The minimum Gasteiger partial charge on any atom is -0.330 e. The van der Waals surface area contributed by atoms with Crippen LogP contribution in [0.1, 0.15) is 26.7 Å². The van der Waals surface area contributed by atoms with Crippen LogP contribution in [-0.2, 0) is 6.54 Å². The lowest BCUT2D eigenvalue weighted by molar-refractivity contribution is 0.422. The molecule has 0 spiro atoms. The van der Waals surface area contributed by atoms with Crippen LogP contribution >= 0.6 is 28.1 Å². The Morgan fingerprint density at radius 1 is 1.39 bits per heavy atom. The summed E-state index contributed by atoms with van der Waals surface area (Å²) in [5, 5.41) is 0. The van der Waals surface area contributed by atoms with Crippen molar-refractivity contribution in [3.8, 4) is 0 Å². The number of rotatable bonds is 4. The number of hydrogen-bond donors (Lipinski definition) is 1. The van der Waals surface area contributed by atoms with E-state index < -0.39 is 0 Å². The van der Waals surface area contributed by atoms with Gasteiger partial charge in [-0.3, -0.25) is 0 Å². The Morgan fingerprint density at radius 3 is 2.67 bits per heavy atom. The van der Waals surface area contributed by atoms with E-state index in [4.69, 9.17) is 12.2 Å². The van der Waals surface area contributed by atoms with Crippen LogP contribution in [0.5, 0.6) is 0 Å². The Morgan fingerprint density at radius 2 is 2.06 bits per heavy atom. The summed E-state index contributed by atoms with van der Waals surface area (Å²) in [6.45, 7) is 5.24. The highest BCUT2D eigenvalue weighted by molar-refractivity contribution is 9.10. The summed E-state index contributed by atoms with van der Waals surface area (Å²) in [7, 11) is 0. The predicted octanol–water partition coefficient (Wildman–Crippen LogP) is 5.04. The van der Waals surface area contributed by atoms with Gasteiger partial charge in [-0.05, 0) is 40.1 Å². The smallest absolute Gasteiger partial charge is 0.178 e. The molecule has 1 aromatic heterocycles. The van der Waals surface area contributed by atoms with Crippen LogP contribution in [0.4, 0.5) is 4.39 Å². The summed E-state index contributed by atoms with van der Waals surface area (Å²) >= 11 is 8.55.